The first-order valence-electron chi connectivity index (χ1n) is 8.26. The molecule has 0 amide bonds. The minimum atomic E-state index is -0.867. The zero-order chi connectivity index (χ0) is 18.0. The number of anilines is 1. The van der Waals surface area contributed by atoms with Crippen LogP contribution in [0.3, 0.4) is 0 Å². The summed E-state index contributed by atoms with van der Waals surface area (Å²) in [5.74, 6) is -0.0151. The van der Waals surface area contributed by atoms with Crippen molar-refractivity contribution in [2.24, 2.45) is 5.92 Å². The summed E-state index contributed by atoms with van der Waals surface area (Å²) in [6.07, 6.45) is 2.02. The van der Waals surface area contributed by atoms with E-state index in [0.717, 1.165) is 26.2 Å². The van der Waals surface area contributed by atoms with Gasteiger partial charge in [-0.15, -0.1) is 11.3 Å². The maximum Gasteiger partial charge on any atom is 0.326 e. The average Bonchev–Trinajstić information content (AvgIpc) is 2.91. The van der Waals surface area contributed by atoms with Crippen LogP contribution in [0.4, 0.5) is 5.82 Å². The van der Waals surface area contributed by atoms with Gasteiger partial charge in [0.25, 0.3) is 0 Å². The second-order valence-corrected chi connectivity index (χ2v) is 7.67. The molecule has 25 heavy (non-hydrogen) atoms. The number of aliphatic carboxylic acids is 1. The van der Waals surface area contributed by atoms with E-state index in [1.165, 1.54) is 6.33 Å². The number of nitrogens with zero attached hydrogens (tertiary/aromatic N) is 2. The summed E-state index contributed by atoms with van der Waals surface area (Å²) in [5.41, 5.74) is 2.15. The Labute approximate surface area is 150 Å². The lowest BCUT2D eigenvalue weighted by molar-refractivity contribution is -0.138. The van der Waals surface area contributed by atoms with Crippen molar-refractivity contribution in [2.45, 2.75) is 33.2 Å². The number of carboxylic acid groups (broad SMARTS) is 1. The van der Waals surface area contributed by atoms with Gasteiger partial charge in [-0.05, 0) is 24.8 Å². The molecule has 0 aliphatic carbocycles. The molecule has 3 aromatic rings. The van der Waals surface area contributed by atoms with E-state index in [9.17, 15) is 9.90 Å². The summed E-state index contributed by atoms with van der Waals surface area (Å²) in [4.78, 5) is 22.4. The molecule has 1 atom stereocenters. The van der Waals surface area contributed by atoms with Gasteiger partial charge in [0.05, 0.1) is 5.39 Å². The lowest BCUT2D eigenvalue weighted by atomic mass is 10.0. The van der Waals surface area contributed by atoms with Gasteiger partial charge in [0.1, 0.15) is 23.0 Å². The first-order chi connectivity index (χ1) is 12.0. The van der Waals surface area contributed by atoms with E-state index < -0.39 is 12.0 Å². The van der Waals surface area contributed by atoms with Gasteiger partial charge in [-0.2, -0.15) is 0 Å². The maximum absolute atomic E-state index is 11.6. The largest absolute Gasteiger partial charge is 0.480 e. The van der Waals surface area contributed by atoms with Crippen LogP contribution in [0.5, 0.6) is 0 Å². The third kappa shape index (κ3) is 3.64. The summed E-state index contributed by atoms with van der Waals surface area (Å²) in [7, 11) is 0. The van der Waals surface area contributed by atoms with Crippen molar-refractivity contribution in [1.29, 1.82) is 0 Å². The lowest BCUT2D eigenvalue weighted by Gasteiger charge is -2.18. The van der Waals surface area contributed by atoms with Gasteiger partial charge in [0, 0.05) is 10.4 Å². The monoisotopic (exact) mass is 355 g/mol. The number of aromatic nitrogens is 2. The zero-order valence-electron chi connectivity index (χ0n) is 14.5. The SMILES string of the molecule is Cc1sc2ncnc(NC(CC(C)C)C(=O)O)c2c1-c1ccccc1. The highest BCUT2D eigenvalue weighted by molar-refractivity contribution is 7.19. The van der Waals surface area contributed by atoms with Crippen LogP contribution in [0.15, 0.2) is 36.7 Å². The number of benzene rings is 1. The van der Waals surface area contributed by atoms with E-state index in [1.54, 1.807) is 11.3 Å². The van der Waals surface area contributed by atoms with Gasteiger partial charge < -0.3 is 10.4 Å². The molecule has 2 N–H and O–H groups in total. The van der Waals surface area contributed by atoms with Crippen molar-refractivity contribution in [3.8, 4) is 11.1 Å². The van der Waals surface area contributed by atoms with E-state index in [4.69, 9.17) is 0 Å². The first-order valence-corrected chi connectivity index (χ1v) is 9.08. The number of aryl methyl sites for hydroxylation is 1. The molecule has 0 saturated heterocycles. The number of carbonyl (C=O) groups is 1. The van der Waals surface area contributed by atoms with Crippen molar-refractivity contribution < 1.29 is 9.90 Å². The minimum absolute atomic E-state index is 0.267. The van der Waals surface area contributed by atoms with Crippen molar-refractivity contribution in [3.05, 3.63) is 41.5 Å². The van der Waals surface area contributed by atoms with Gasteiger partial charge in [-0.3, -0.25) is 0 Å². The quantitative estimate of drug-likeness (QED) is 0.677. The van der Waals surface area contributed by atoms with Crippen LogP contribution >= 0.6 is 11.3 Å². The topological polar surface area (TPSA) is 75.1 Å². The average molecular weight is 355 g/mol. The second kappa shape index (κ2) is 7.19. The van der Waals surface area contributed by atoms with Gasteiger partial charge in [-0.1, -0.05) is 44.2 Å². The van der Waals surface area contributed by atoms with Crippen molar-refractivity contribution >= 4 is 33.3 Å². The van der Waals surface area contributed by atoms with Gasteiger partial charge >= 0.3 is 5.97 Å². The van der Waals surface area contributed by atoms with Crippen LogP contribution in [-0.4, -0.2) is 27.1 Å². The molecule has 3 rings (SSSR count). The Bertz CT molecular complexity index is 890. The Morgan fingerprint density at radius 2 is 1.96 bits per heavy atom. The number of nitrogens with one attached hydrogen (secondary N) is 1. The summed E-state index contributed by atoms with van der Waals surface area (Å²) < 4.78 is 0. The maximum atomic E-state index is 11.6. The number of hydrogen-bond donors (Lipinski definition) is 2. The van der Waals surface area contributed by atoms with Crippen LogP contribution < -0.4 is 5.32 Å². The molecule has 130 valence electrons. The Kier molecular flexibility index (Phi) is 4.99. The van der Waals surface area contributed by atoms with E-state index in [1.807, 2.05) is 44.2 Å². The number of fused-ring (bicyclic) bond motifs is 1. The molecular formula is C19H21N3O2S. The predicted molar refractivity (Wildman–Crippen MR) is 102 cm³/mol. The molecule has 0 aliphatic rings. The molecule has 5 nitrogen and oxygen atoms in total. The normalized spacial score (nSPS) is 12.5. The van der Waals surface area contributed by atoms with E-state index in [-0.39, 0.29) is 5.92 Å². The number of thiophene rings is 1. The molecule has 2 aromatic heterocycles. The summed E-state index contributed by atoms with van der Waals surface area (Å²) in [6, 6.07) is 9.39. The van der Waals surface area contributed by atoms with E-state index in [2.05, 4.69) is 22.2 Å². The summed E-state index contributed by atoms with van der Waals surface area (Å²) in [5, 5.41) is 13.6. The lowest BCUT2D eigenvalue weighted by Crippen LogP contribution is -2.31. The third-order valence-electron chi connectivity index (χ3n) is 4.04. The molecule has 0 bridgehead atoms. The van der Waals surface area contributed by atoms with Crippen LogP contribution in [0, 0.1) is 12.8 Å². The smallest absolute Gasteiger partial charge is 0.326 e. The molecule has 0 aliphatic heterocycles. The van der Waals surface area contributed by atoms with Gasteiger partial charge in [0.15, 0.2) is 0 Å². The van der Waals surface area contributed by atoms with Crippen LogP contribution in [-0.2, 0) is 4.79 Å². The van der Waals surface area contributed by atoms with Gasteiger partial charge in [0.2, 0.25) is 0 Å². The van der Waals surface area contributed by atoms with E-state index in [0.29, 0.717) is 12.2 Å². The predicted octanol–water partition coefficient (Wildman–Crippen LogP) is 4.58. The second-order valence-electron chi connectivity index (χ2n) is 6.47. The first kappa shape index (κ1) is 17.4. The molecule has 0 fully saturated rings. The molecule has 2 heterocycles. The minimum Gasteiger partial charge on any atom is -0.480 e. The van der Waals surface area contributed by atoms with Crippen LogP contribution in [0.2, 0.25) is 0 Å². The molecule has 0 spiro atoms. The van der Waals surface area contributed by atoms with Crippen LogP contribution in [0.1, 0.15) is 25.1 Å². The highest BCUT2D eigenvalue weighted by atomic mass is 32.1. The third-order valence-corrected chi connectivity index (χ3v) is 5.06. The Morgan fingerprint density at radius 1 is 1.24 bits per heavy atom. The fourth-order valence-electron chi connectivity index (χ4n) is 2.96. The summed E-state index contributed by atoms with van der Waals surface area (Å²) in [6.45, 7) is 6.08. The molecule has 6 heteroatoms. The zero-order valence-corrected chi connectivity index (χ0v) is 15.3. The van der Waals surface area contributed by atoms with Crippen molar-refractivity contribution in [2.75, 3.05) is 5.32 Å². The molecular weight excluding hydrogens is 334 g/mol. The Hall–Kier alpha value is -2.47. The fraction of sp³-hybridized carbons (Fsp3) is 0.316. The molecule has 0 saturated carbocycles. The Morgan fingerprint density at radius 3 is 2.60 bits per heavy atom. The van der Waals surface area contributed by atoms with Gasteiger partial charge in [-0.25, -0.2) is 14.8 Å². The summed E-state index contributed by atoms with van der Waals surface area (Å²) >= 11 is 1.60. The highest BCUT2D eigenvalue weighted by Gasteiger charge is 2.23. The number of carboxylic acids is 1. The fourth-order valence-corrected chi connectivity index (χ4v) is 3.98. The van der Waals surface area contributed by atoms with Crippen molar-refractivity contribution in [3.63, 3.8) is 0 Å². The van der Waals surface area contributed by atoms with Crippen LogP contribution in [0.25, 0.3) is 21.3 Å². The number of rotatable bonds is 6. The molecule has 1 aromatic carbocycles. The van der Waals surface area contributed by atoms with Crippen molar-refractivity contribution in [1.82, 2.24) is 9.97 Å². The molecule has 0 radical (unpaired) electrons. The standard InChI is InChI=1S/C19H21N3O2S/c1-11(2)9-14(19(23)24)22-17-16-15(13-7-5-4-6-8-13)12(3)25-18(16)21-10-20-17/h4-8,10-11,14H,9H2,1-3H3,(H,23,24)(H,20,21,22). The highest BCUT2D eigenvalue weighted by Crippen LogP contribution is 2.40. The Balaban J connectivity index is 2.11. The van der Waals surface area contributed by atoms with E-state index >= 15 is 0 Å². The number of hydrogen-bond acceptors (Lipinski definition) is 5. The molecule has 1 unspecified atom stereocenters.